The summed E-state index contributed by atoms with van der Waals surface area (Å²) in [6, 6.07) is 22.0. The molecule has 1 amide bonds. The molecule has 0 radical (unpaired) electrons. The summed E-state index contributed by atoms with van der Waals surface area (Å²) >= 11 is 1.37. The molecule has 4 aromatic rings. The van der Waals surface area contributed by atoms with Crippen LogP contribution in [0.2, 0.25) is 0 Å². The number of piperidine rings is 1. The fraction of sp³-hybridized carbons (Fsp3) is 0.296. The maximum Gasteiger partial charge on any atom is 0.234 e. The van der Waals surface area contributed by atoms with Crippen molar-refractivity contribution in [2.45, 2.75) is 37.5 Å². The molecular formula is C27H29N5O2S. The first-order valence-electron chi connectivity index (χ1n) is 12.0. The van der Waals surface area contributed by atoms with Crippen molar-refractivity contribution in [3.63, 3.8) is 0 Å². The van der Waals surface area contributed by atoms with Crippen LogP contribution in [0.4, 0.5) is 5.69 Å². The minimum absolute atomic E-state index is 0.0704. The second kappa shape index (κ2) is 11.4. The van der Waals surface area contributed by atoms with Gasteiger partial charge in [0.2, 0.25) is 11.7 Å². The smallest absolute Gasteiger partial charge is 0.234 e. The van der Waals surface area contributed by atoms with Gasteiger partial charge in [-0.2, -0.15) is 0 Å². The third-order valence-corrected chi connectivity index (χ3v) is 7.01. The van der Waals surface area contributed by atoms with Crippen LogP contribution < -0.4 is 5.32 Å². The molecule has 3 heterocycles. The van der Waals surface area contributed by atoms with Crippen molar-refractivity contribution in [3.05, 3.63) is 84.1 Å². The molecule has 0 spiro atoms. The van der Waals surface area contributed by atoms with Crippen LogP contribution in [0.25, 0.3) is 11.6 Å². The van der Waals surface area contributed by atoms with Gasteiger partial charge in [-0.15, -0.1) is 10.2 Å². The lowest BCUT2D eigenvalue weighted by Crippen LogP contribution is -2.29. The van der Waals surface area contributed by atoms with Crippen molar-refractivity contribution in [3.8, 4) is 11.6 Å². The number of amides is 1. The SMILES string of the molecule is O=C(CSc1nnc(-c2ccco2)n1Cc1ccccc1)Nc1cccc(CN2CCCCC2)c1. The van der Waals surface area contributed by atoms with Crippen LogP contribution in [0, 0.1) is 0 Å². The molecular weight excluding hydrogens is 458 g/mol. The number of furan rings is 1. The zero-order chi connectivity index (χ0) is 23.9. The lowest BCUT2D eigenvalue weighted by atomic mass is 10.1. The van der Waals surface area contributed by atoms with E-state index in [9.17, 15) is 4.79 Å². The van der Waals surface area contributed by atoms with Gasteiger partial charge in [0, 0.05) is 12.2 Å². The van der Waals surface area contributed by atoms with Gasteiger partial charge in [0.25, 0.3) is 0 Å². The first kappa shape index (κ1) is 23.4. The average Bonchev–Trinajstić information content (AvgIpc) is 3.54. The zero-order valence-corrected chi connectivity index (χ0v) is 20.4. The highest BCUT2D eigenvalue weighted by Crippen LogP contribution is 2.26. The molecule has 0 bridgehead atoms. The summed E-state index contributed by atoms with van der Waals surface area (Å²) in [5, 5.41) is 12.4. The Morgan fingerprint density at radius 2 is 1.74 bits per heavy atom. The van der Waals surface area contributed by atoms with Gasteiger partial charge in [-0.1, -0.05) is 60.6 Å². The number of benzene rings is 2. The lowest BCUT2D eigenvalue weighted by molar-refractivity contribution is -0.113. The van der Waals surface area contributed by atoms with Crippen LogP contribution in [-0.4, -0.2) is 44.4 Å². The summed E-state index contributed by atoms with van der Waals surface area (Å²) in [6.45, 7) is 3.82. The summed E-state index contributed by atoms with van der Waals surface area (Å²) in [6.07, 6.45) is 5.48. The molecule has 180 valence electrons. The van der Waals surface area contributed by atoms with Crippen molar-refractivity contribution >= 4 is 23.4 Å². The molecule has 1 saturated heterocycles. The van der Waals surface area contributed by atoms with Crippen molar-refractivity contribution in [2.24, 2.45) is 0 Å². The van der Waals surface area contributed by atoms with Gasteiger partial charge in [0.1, 0.15) is 0 Å². The number of carbonyl (C=O) groups is 1. The molecule has 0 aliphatic carbocycles. The number of hydrogen-bond acceptors (Lipinski definition) is 6. The van der Waals surface area contributed by atoms with E-state index >= 15 is 0 Å². The van der Waals surface area contributed by atoms with Crippen LogP contribution in [-0.2, 0) is 17.9 Å². The third-order valence-electron chi connectivity index (χ3n) is 6.04. The first-order valence-corrected chi connectivity index (χ1v) is 13.0. The number of anilines is 1. The summed E-state index contributed by atoms with van der Waals surface area (Å²) < 4.78 is 7.56. The van der Waals surface area contributed by atoms with E-state index in [1.165, 1.54) is 36.6 Å². The minimum Gasteiger partial charge on any atom is -0.461 e. The molecule has 1 aliphatic heterocycles. The van der Waals surface area contributed by atoms with Crippen LogP contribution in [0.5, 0.6) is 0 Å². The highest BCUT2D eigenvalue weighted by molar-refractivity contribution is 7.99. The minimum atomic E-state index is -0.0704. The second-order valence-electron chi connectivity index (χ2n) is 8.73. The van der Waals surface area contributed by atoms with Crippen LogP contribution in [0.3, 0.4) is 0 Å². The van der Waals surface area contributed by atoms with E-state index in [0.29, 0.717) is 23.3 Å². The van der Waals surface area contributed by atoms with Gasteiger partial charge >= 0.3 is 0 Å². The lowest BCUT2D eigenvalue weighted by Gasteiger charge is -2.26. The molecule has 2 aromatic carbocycles. The number of likely N-dealkylation sites (tertiary alicyclic amines) is 1. The number of thioether (sulfide) groups is 1. The Hall–Kier alpha value is -3.36. The number of nitrogens with zero attached hydrogens (tertiary/aromatic N) is 4. The first-order chi connectivity index (χ1) is 17.2. The van der Waals surface area contributed by atoms with Crippen LogP contribution in [0.1, 0.15) is 30.4 Å². The fourth-order valence-electron chi connectivity index (χ4n) is 4.34. The summed E-state index contributed by atoms with van der Waals surface area (Å²) in [5.74, 6) is 1.46. The Labute approximate surface area is 209 Å². The highest BCUT2D eigenvalue weighted by atomic mass is 32.2. The van der Waals surface area contributed by atoms with Gasteiger partial charge < -0.3 is 9.73 Å². The van der Waals surface area contributed by atoms with E-state index in [1.54, 1.807) is 6.26 Å². The van der Waals surface area contributed by atoms with Gasteiger partial charge in [0.15, 0.2) is 10.9 Å². The standard InChI is InChI=1S/C27H29N5O2S/c33-25(28-23-12-7-11-22(17-23)18-31-14-5-2-6-15-31)20-35-27-30-29-26(24-13-8-16-34-24)32(27)19-21-9-3-1-4-10-21/h1,3-4,7-13,16-17H,2,5-6,14-15,18-20H2,(H,28,33). The maximum atomic E-state index is 12.8. The molecule has 1 fully saturated rings. The molecule has 5 rings (SSSR count). The molecule has 35 heavy (non-hydrogen) atoms. The molecule has 0 unspecified atom stereocenters. The summed E-state index contributed by atoms with van der Waals surface area (Å²) in [4.78, 5) is 15.3. The zero-order valence-electron chi connectivity index (χ0n) is 19.6. The number of rotatable bonds is 9. The molecule has 7 nitrogen and oxygen atoms in total. The second-order valence-corrected chi connectivity index (χ2v) is 9.67. The Morgan fingerprint density at radius 1 is 0.914 bits per heavy atom. The summed E-state index contributed by atoms with van der Waals surface area (Å²) in [7, 11) is 0. The largest absolute Gasteiger partial charge is 0.461 e. The van der Waals surface area contributed by atoms with E-state index in [4.69, 9.17) is 4.42 Å². The quantitative estimate of drug-likeness (QED) is 0.323. The van der Waals surface area contributed by atoms with E-state index in [-0.39, 0.29) is 11.7 Å². The van der Waals surface area contributed by atoms with Gasteiger partial charge in [-0.3, -0.25) is 14.3 Å². The van der Waals surface area contributed by atoms with Crippen LogP contribution in [0.15, 0.2) is 82.6 Å². The average molecular weight is 488 g/mol. The Morgan fingerprint density at radius 3 is 2.54 bits per heavy atom. The predicted octanol–water partition coefficient (Wildman–Crippen LogP) is 5.30. The molecule has 8 heteroatoms. The van der Waals surface area contributed by atoms with E-state index in [2.05, 4.69) is 44.7 Å². The van der Waals surface area contributed by atoms with Crippen molar-refractivity contribution in [1.82, 2.24) is 19.7 Å². The van der Waals surface area contributed by atoms with Gasteiger partial charge in [-0.25, -0.2) is 0 Å². The van der Waals surface area contributed by atoms with Gasteiger partial charge in [-0.05, 0) is 61.3 Å². The number of nitrogens with one attached hydrogen (secondary N) is 1. The number of aromatic nitrogens is 3. The maximum absolute atomic E-state index is 12.8. The van der Waals surface area contributed by atoms with Gasteiger partial charge in [0.05, 0.1) is 18.6 Å². The van der Waals surface area contributed by atoms with Crippen molar-refractivity contribution in [2.75, 3.05) is 24.2 Å². The molecule has 1 N–H and O–H groups in total. The van der Waals surface area contributed by atoms with E-state index in [0.717, 1.165) is 30.9 Å². The number of carbonyl (C=O) groups excluding carboxylic acids is 1. The molecule has 0 atom stereocenters. The Kier molecular flexibility index (Phi) is 7.60. The fourth-order valence-corrected chi connectivity index (χ4v) is 5.08. The highest BCUT2D eigenvalue weighted by Gasteiger charge is 2.18. The Bertz CT molecular complexity index is 1230. The third kappa shape index (κ3) is 6.21. The molecule has 0 saturated carbocycles. The molecule has 2 aromatic heterocycles. The monoisotopic (exact) mass is 487 g/mol. The van der Waals surface area contributed by atoms with E-state index < -0.39 is 0 Å². The topological polar surface area (TPSA) is 76.2 Å². The van der Waals surface area contributed by atoms with Crippen LogP contribution >= 0.6 is 11.8 Å². The van der Waals surface area contributed by atoms with E-state index in [1.807, 2.05) is 47.0 Å². The normalized spacial score (nSPS) is 14.2. The molecule has 1 aliphatic rings. The van der Waals surface area contributed by atoms with Crippen molar-refractivity contribution < 1.29 is 9.21 Å². The van der Waals surface area contributed by atoms with Crippen molar-refractivity contribution in [1.29, 1.82) is 0 Å². The predicted molar refractivity (Wildman–Crippen MR) is 138 cm³/mol. The summed E-state index contributed by atoms with van der Waals surface area (Å²) in [5.41, 5.74) is 3.17. The Balaban J connectivity index is 1.24. The number of hydrogen-bond donors (Lipinski definition) is 1.